The predicted molar refractivity (Wildman–Crippen MR) is 92.9 cm³/mol. The number of anilines is 2. The quantitative estimate of drug-likeness (QED) is 0.678. The third-order valence-electron chi connectivity index (χ3n) is 3.65. The Morgan fingerprint density at radius 2 is 1.91 bits per heavy atom. The number of benzene rings is 2. The molecule has 0 saturated carbocycles. The van der Waals surface area contributed by atoms with E-state index in [4.69, 9.17) is 4.78 Å². The lowest BCUT2D eigenvalue weighted by atomic mass is 10.1. The van der Waals surface area contributed by atoms with Crippen LogP contribution in [0, 0.1) is 11.7 Å². The lowest BCUT2D eigenvalue weighted by Crippen LogP contribution is -1.98. The zero-order valence-corrected chi connectivity index (χ0v) is 13.6. The summed E-state index contributed by atoms with van der Waals surface area (Å²) in [5, 5.41) is 13.7. The minimum absolute atomic E-state index is 0.180. The summed E-state index contributed by atoms with van der Waals surface area (Å²) < 4.78 is 19.7. The molecule has 3 N–H and O–H groups in total. The lowest BCUT2D eigenvalue weighted by molar-refractivity contribution is 0.475. The van der Waals surface area contributed by atoms with Crippen LogP contribution in [-0.2, 0) is 9.73 Å². The molecule has 3 rings (SSSR count). The maximum absolute atomic E-state index is 12.0. The molecule has 6 heteroatoms. The second-order valence-electron chi connectivity index (χ2n) is 5.51. The molecule has 1 atom stereocenters. The summed E-state index contributed by atoms with van der Waals surface area (Å²) in [7, 11) is -2.79. The first-order valence-corrected chi connectivity index (χ1v) is 9.00. The molecule has 1 heterocycles. The van der Waals surface area contributed by atoms with Crippen molar-refractivity contribution in [3.63, 3.8) is 0 Å². The van der Waals surface area contributed by atoms with Gasteiger partial charge in [-0.05, 0) is 42.8 Å². The number of pyridine rings is 1. The van der Waals surface area contributed by atoms with Gasteiger partial charge in [0, 0.05) is 40.2 Å². The predicted octanol–water partition coefficient (Wildman–Crippen LogP) is 4.03. The van der Waals surface area contributed by atoms with Gasteiger partial charge < -0.3 is 10.4 Å². The normalized spacial score (nSPS) is 13.7. The molecule has 3 aromatic rings. The highest BCUT2D eigenvalue weighted by Crippen LogP contribution is 2.30. The summed E-state index contributed by atoms with van der Waals surface area (Å²) in [6.45, 7) is 1.94. The lowest BCUT2D eigenvalue weighted by Gasteiger charge is -2.13. The van der Waals surface area contributed by atoms with Gasteiger partial charge in [-0.25, -0.2) is 8.99 Å². The molecule has 0 radical (unpaired) electrons. The Morgan fingerprint density at radius 3 is 2.65 bits per heavy atom. The molecule has 0 fully saturated rings. The zero-order chi connectivity index (χ0) is 16.6. The van der Waals surface area contributed by atoms with Crippen molar-refractivity contribution < 1.29 is 9.32 Å². The monoisotopic (exact) mass is 327 g/mol. The Balaban J connectivity index is 2.15. The van der Waals surface area contributed by atoms with E-state index in [0.29, 0.717) is 4.90 Å². The molecule has 0 bridgehead atoms. The molecule has 118 valence electrons. The maximum Gasteiger partial charge on any atom is 0.117 e. The number of fused-ring (bicyclic) bond motifs is 1. The summed E-state index contributed by atoms with van der Waals surface area (Å²) in [4.78, 5) is 4.77. The van der Waals surface area contributed by atoms with Crippen LogP contribution in [0.2, 0.25) is 0 Å². The van der Waals surface area contributed by atoms with Gasteiger partial charge in [-0.1, -0.05) is 6.07 Å². The van der Waals surface area contributed by atoms with Crippen LogP contribution in [0.1, 0.15) is 5.56 Å². The summed E-state index contributed by atoms with van der Waals surface area (Å²) in [6, 6.07) is 12.1. The van der Waals surface area contributed by atoms with Crippen LogP contribution < -0.4 is 5.32 Å². The van der Waals surface area contributed by atoms with E-state index in [1.165, 1.54) is 6.26 Å². The molecule has 0 aliphatic heterocycles. The molecule has 0 aliphatic carbocycles. The number of hydrogen-bond acceptors (Lipinski definition) is 5. The van der Waals surface area contributed by atoms with E-state index in [9.17, 15) is 9.32 Å². The fourth-order valence-corrected chi connectivity index (χ4v) is 3.04. The first kappa shape index (κ1) is 15.3. The number of nitrogens with zero attached hydrogens (tertiary/aromatic N) is 1. The van der Waals surface area contributed by atoms with Crippen molar-refractivity contribution in [2.75, 3.05) is 11.6 Å². The van der Waals surface area contributed by atoms with Gasteiger partial charge in [-0.2, -0.15) is 0 Å². The van der Waals surface area contributed by atoms with E-state index in [0.717, 1.165) is 27.8 Å². The topological polar surface area (TPSA) is 86.1 Å². The second kappa shape index (κ2) is 5.55. The molecule has 0 unspecified atom stereocenters. The van der Waals surface area contributed by atoms with Crippen LogP contribution in [0.3, 0.4) is 0 Å². The van der Waals surface area contributed by atoms with Crippen molar-refractivity contribution >= 4 is 32.0 Å². The van der Waals surface area contributed by atoms with Crippen molar-refractivity contribution in [2.45, 2.75) is 11.8 Å². The Labute approximate surface area is 135 Å². The highest BCUT2D eigenvalue weighted by Gasteiger charge is 2.09. The van der Waals surface area contributed by atoms with E-state index in [-0.39, 0.29) is 5.75 Å². The van der Waals surface area contributed by atoms with E-state index in [2.05, 4.69) is 10.3 Å². The first-order valence-electron chi connectivity index (χ1n) is 7.04. The van der Waals surface area contributed by atoms with Gasteiger partial charge in [-0.15, -0.1) is 0 Å². The minimum Gasteiger partial charge on any atom is -0.508 e. The highest BCUT2D eigenvalue weighted by molar-refractivity contribution is 7.91. The Kier molecular flexibility index (Phi) is 3.69. The Morgan fingerprint density at radius 1 is 1.13 bits per heavy atom. The van der Waals surface area contributed by atoms with E-state index in [1.54, 1.807) is 36.5 Å². The van der Waals surface area contributed by atoms with Crippen molar-refractivity contribution in [3.8, 4) is 5.75 Å². The average Bonchev–Trinajstić information content (AvgIpc) is 2.50. The number of phenolic OH excluding ortho intramolecular Hbond substituents is 1. The number of aromatic hydroxyl groups is 1. The zero-order valence-electron chi connectivity index (χ0n) is 12.8. The molecular formula is C17H17N3O2S. The average molecular weight is 327 g/mol. The van der Waals surface area contributed by atoms with Crippen LogP contribution in [0.15, 0.2) is 53.6 Å². The molecule has 0 amide bonds. The van der Waals surface area contributed by atoms with Crippen molar-refractivity contribution in [2.24, 2.45) is 0 Å². The number of aryl methyl sites for hydroxylation is 1. The van der Waals surface area contributed by atoms with Gasteiger partial charge >= 0.3 is 0 Å². The van der Waals surface area contributed by atoms with Crippen LogP contribution >= 0.6 is 0 Å². The molecule has 0 saturated heterocycles. The summed E-state index contributed by atoms with van der Waals surface area (Å²) in [5.41, 5.74) is 3.31. The van der Waals surface area contributed by atoms with Crippen molar-refractivity contribution in [1.29, 1.82) is 4.78 Å². The van der Waals surface area contributed by atoms with Gasteiger partial charge in [0.2, 0.25) is 0 Å². The SMILES string of the molecule is Cc1ccc(O)cc1Nc1ccnc2ccc([S@@](C)(=N)=O)cc12. The number of hydrogen-bond donors (Lipinski definition) is 3. The van der Waals surface area contributed by atoms with Gasteiger partial charge in [0.1, 0.15) is 5.75 Å². The van der Waals surface area contributed by atoms with Crippen LogP contribution in [0.4, 0.5) is 11.4 Å². The largest absolute Gasteiger partial charge is 0.508 e. The molecule has 5 nitrogen and oxygen atoms in total. The smallest absolute Gasteiger partial charge is 0.117 e. The molecular weight excluding hydrogens is 310 g/mol. The number of phenols is 1. The second-order valence-corrected chi connectivity index (χ2v) is 7.66. The Bertz CT molecular complexity index is 998. The molecule has 1 aromatic heterocycles. The standard InChI is InChI=1S/C17H17N3O2S/c1-11-3-4-12(21)9-17(11)20-16-7-8-19-15-6-5-13(10-14(15)16)23(2,18)22/h3-10,18,21H,1-2H3,(H,19,20)/t23-/m0/s1. The van der Waals surface area contributed by atoms with E-state index < -0.39 is 9.73 Å². The van der Waals surface area contributed by atoms with Gasteiger partial charge in [0.15, 0.2) is 0 Å². The third kappa shape index (κ3) is 3.12. The maximum atomic E-state index is 12.0. The highest BCUT2D eigenvalue weighted by atomic mass is 32.2. The first-order chi connectivity index (χ1) is 10.8. The molecule has 0 aliphatic rings. The van der Waals surface area contributed by atoms with Gasteiger partial charge in [-0.3, -0.25) is 4.98 Å². The van der Waals surface area contributed by atoms with Crippen LogP contribution in [0.5, 0.6) is 5.75 Å². The number of nitrogens with one attached hydrogen (secondary N) is 2. The summed E-state index contributed by atoms with van der Waals surface area (Å²) in [5.74, 6) is 0.180. The van der Waals surface area contributed by atoms with E-state index >= 15 is 0 Å². The minimum atomic E-state index is -2.79. The fraction of sp³-hybridized carbons (Fsp3) is 0.118. The molecule has 23 heavy (non-hydrogen) atoms. The van der Waals surface area contributed by atoms with Crippen LogP contribution in [-0.4, -0.2) is 20.6 Å². The molecule has 2 aromatic carbocycles. The van der Waals surface area contributed by atoms with Crippen molar-refractivity contribution in [1.82, 2.24) is 4.98 Å². The third-order valence-corrected chi connectivity index (χ3v) is 4.81. The fourth-order valence-electron chi connectivity index (χ4n) is 2.37. The van der Waals surface area contributed by atoms with Crippen LogP contribution in [0.25, 0.3) is 10.9 Å². The summed E-state index contributed by atoms with van der Waals surface area (Å²) >= 11 is 0. The number of rotatable bonds is 3. The van der Waals surface area contributed by atoms with Gasteiger partial charge in [0.05, 0.1) is 15.2 Å². The van der Waals surface area contributed by atoms with Gasteiger partial charge in [0.25, 0.3) is 0 Å². The van der Waals surface area contributed by atoms with Crippen molar-refractivity contribution in [3.05, 3.63) is 54.2 Å². The number of aromatic nitrogens is 1. The van der Waals surface area contributed by atoms with E-state index in [1.807, 2.05) is 19.1 Å². The summed E-state index contributed by atoms with van der Waals surface area (Å²) in [6.07, 6.45) is 3.09. The Hall–Kier alpha value is -2.60. The molecule has 0 spiro atoms.